The van der Waals surface area contributed by atoms with Gasteiger partial charge in [0, 0.05) is 5.54 Å². The Kier molecular flexibility index (Phi) is 4.50. The van der Waals surface area contributed by atoms with Crippen LogP contribution in [0, 0.1) is 11.3 Å². The number of hydrogen-bond donors (Lipinski definition) is 1. The largest absolute Gasteiger partial charge is 0.495 e. The monoisotopic (exact) mass is 234 g/mol. The van der Waals surface area contributed by atoms with Crippen molar-refractivity contribution in [1.82, 2.24) is 0 Å². The van der Waals surface area contributed by atoms with Crippen molar-refractivity contribution in [2.45, 2.75) is 26.0 Å². The van der Waals surface area contributed by atoms with Crippen molar-refractivity contribution in [2.24, 2.45) is 5.73 Å². The lowest BCUT2D eigenvalue weighted by Crippen LogP contribution is -2.37. The summed E-state index contributed by atoms with van der Waals surface area (Å²) in [6.07, 6.45) is 0. The summed E-state index contributed by atoms with van der Waals surface area (Å²) in [5, 5.41) is 8.85. The first-order valence-corrected chi connectivity index (χ1v) is 5.40. The molecule has 2 N–H and O–H groups in total. The van der Waals surface area contributed by atoms with Gasteiger partial charge in [-0.1, -0.05) is 6.07 Å². The molecule has 0 unspecified atom stereocenters. The summed E-state index contributed by atoms with van der Waals surface area (Å²) in [5.41, 5.74) is 6.96. The summed E-state index contributed by atoms with van der Waals surface area (Å²) in [6, 6.07) is 7.45. The number of hydrogen-bond acceptors (Lipinski definition) is 4. The Balaban J connectivity index is 2.64. The molecule has 0 radical (unpaired) electrons. The van der Waals surface area contributed by atoms with E-state index in [2.05, 4.69) is 6.07 Å². The Bertz CT molecular complexity index is 416. The Morgan fingerprint density at radius 1 is 1.41 bits per heavy atom. The molecule has 0 aliphatic carbocycles. The average molecular weight is 234 g/mol. The molecule has 17 heavy (non-hydrogen) atoms. The van der Waals surface area contributed by atoms with Gasteiger partial charge in [0.15, 0.2) is 0 Å². The van der Waals surface area contributed by atoms with Gasteiger partial charge in [-0.15, -0.1) is 0 Å². The molecule has 1 aromatic carbocycles. The smallest absolute Gasteiger partial charge is 0.136 e. The zero-order valence-electron chi connectivity index (χ0n) is 10.5. The van der Waals surface area contributed by atoms with Crippen molar-refractivity contribution in [3.63, 3.8) is 0 Å². The van der Waals surface area contributed by atoms with Gasteiger partial charge in [-0.3, -0.25) is 0 Å². The number of nitriles is 1. The summed E-state index contributed by atoms with van der Waals surface area (Å²) < 4.78 is 10.6. The predicted octanol–water partition coefficient (Wildman–Crippen LogP) is 1.82. The second-order valence-corrected chi connectivity index (χ2v) is 4.63. The number of rotatable bonds is 5. The highest BCUT2D eigenvalue weighted by atomic mass is 16.5. The van der Waals surface area contributed by atoms with Crippen LogP contribution >= 0.6 is 0 Å². The fourth-order valence-electron chi connectivity index (χ4n) is 1.35. The van der Waals surface area contributed by atoms with Crippen LogP contribution < -0.4 is 10.5 Å². The predicted molar refractivity (Wildman–Crippen MR) is 65.6 cm³/mol. The molecule has 0 spiro atoms. The molecule has 0 amide bonds. The van der Waals surface area contributed by atoms with Gasteiger partial charge in [-0.05, 0) is 31.5 Å². The molecule has 0 atom stereocenters. The second-order valence-electron chi connectivity index (χ2n) is 4.63. The average Bonchev–Trinajstić information content (AvgIpc) is 2.27. The van der Waals surface area contributed by atoms with Crippen molar-refractivity contribution in [2.75, 3.05) is 13.7 Å². The Hall–Kier alpha value is -1.57. The van der Waals surface area contributed by atoms with E-state index in [0.29, 0.717) is 24.5 Å². The van der Waals surface area contributed by atoms with E-state index in [9.17, 15) is 0 Å². The van der Waals surface area contributed by atoms with E-state index in [1.165, 1.54) is 0 Å². The SMILES string of the molecule is COc1cc(COCC(C)(C)N)ccc1C#N. The van der Waals surface area contributed by atoms with Gasteiger partial charge in [-0.25, -0.2) is 0 Å². The molecule has 0 saturated carbocycles. The molecule has 1 aromatic rings. The minimum absolute atomic E-state index is 0.337. The van der Waals surface area contributed by atoms with Gasteiger partial charge < -0.3 is 15.2 Å². The summed E-state index contributed by atoms with van der Waals surface area (Å²) in [5.74, 6) is 0.570. The van der Waals surface area contributed by atoms with Crippen LogP contribution in [0.3, 0.4) is 0 Å². The van der Waals surface area contributed by atoms with Crippen molar-refractivity contribution in [3.8, 4) is 11.8 Å². The van der Waals surface area contributed by atoms with Crippen LogP contribution in [-0.4, -0.2) is 19.3 Å². The molecular weight excluding hydrogens is 216 g/mol. The Labute approximate surface area is 102 Å². The van der Waals surface area contributed by atoms with Gasteiger partial charge in [0.05, 0.1) is 25.9 Å². The lowest BCUT2D eigenvalue weighted by molar-refractivity contribution is 0.0850. The molecular formula is C13H18N2O2. The maximum absolute atomic E-state index is 8.85. The number of nitrogens with two attached hydrogens (primary N) is 1. The number of benzene rings is 1. The van der Waals surface area contributed by atoms with Crippen LogP contribution in [0.2, 0.25) is 0 Å². The lowest BCUT2D eigenvalue weighted by atomic mass is 10.1. The standard InChI is InChI=1S/C13H18N2O2/c1-13(2,15)9-17-8-10-4-5-11(7-14)12(6-10)16-3/h4-6H,8-9,15H2,1-3H3. The van der Waals surface area contributed by atoms with Gasteiger partial charge in [0.2, 0.25) is 0 Å². The van der Waals surface area contributed by atoms with Crippen LogP contribution in [0.5, 0.6) is 5.75 Å². The maximum atomic E-state index is 8.85. The zero-order valence-corrected chi connectivity index (χ0v) is 10.5. The fourth-order valence-corrected chi connectivity index (χ4v) is 1.35. The Morgan fingerprint density at radius 2 is 2.12 bits per heavy atom. The first-order valence-electron chi connectivity index (χ1n) is 5.40. The van der Waals surface area contributed by atoms with Crippen LogP contribution in [-0.2, 0) is 11.3 Å². The zero-order chi connectivity index (χ0) is 12.9. The molecule has 0 bridgehead atoms. The number of methoxy groups -OCH3 is 1. The van der Waals surface area contributed by atoms with Crippen LogP contribution in [0.1, 0.15) is 25.0 Å². The maximum Gasteiger partial charge on any atom is 0.136 e. The Morgan fingerprint density at radius 3 is 2.65 bits per heavy atom. The third-order valence-electron chi connectivity index (χ3n) is 2.13. The quantitative estimate of drug-likeness (QED) is 0.843. The van der Waals surface area contributed by atoms with E-state index in [4.69, 9.17) is 20.5 Å². The van der Waals surface area contributed by atoms with Gasteiger partial charge in [-0.2, -0.15) is 5.26 Å². The first kappa shape index (κ1) is 13.5. The summed E-state index contributed by atoms with van der Waals surface area (Å²) >= 11 is 0. The van der Waals surface area contributed by atoms with Crippen molar-refractivity contribution in [1.29, 1.82) is 5.26 Å². The van der Waals surface area contributed by atoms with Crippen molar-refractivity contribution < 1.29 is 9.47 Å². The number of nitrogens with zero attached hydrogens (tertiary/aromatic N) is 1. The second kappa shape index (κ2) is 5.67. The minimum Gasteiger partial charge on any atom is -0.495 e. The molecule has 4 nitrogen and oxygen atoms in total. The van der Waals surface area contributed by atoms with Crippen molar-refractivity contribution in [3.05, 3.63) is 29.3 Å². The van der Waals surface area contributed by atoms with E-state index in [1.807, 2.05) is 26.0 Å². The highest BCUT2D eigenvalue weighted by Gasteiger charge is 2.10. The molecule has 0 aromatic heterocycles. The third-order valence-corrected chi connectivity index (χ3v) is 2.13. The van der Waals surface area contributed by atoms with Gasteiger partial charge >= 0.3 is 0 Å². The topological polar surface area (TPSA) is 68.3 Å². The summed E-state index contributed by atoms with van der Waals surface area (Å²) in [6.45, 7) is 4.76. The van der Waals surface area contributed by atoms with Crippen LogP contribution in [0.4, 0.5) is 0 Å². The first-order chi connectivity index (χ1) is 7.96. The van der Waals surface area contributed by atoms with Gasteiger partial charge in [0.1, 0.15) is 11.8 Å². The van der Waals surface area contributed by atoms with Gasteiger partial charge in [0.25, 0.3) is 0 Å². The molecule has 0 heterocycles. The molecule has 1 rings (SSSR count). The van der Waals surface area contributed by atoms with E-state index in [-0.39, 0.29) is 5.54 Å². The number of ether oxygens (including phenoxy) is 2. The highest BCUT2D eigenvalue weighted by molar-refractivity contribution is 5.45. The molecule has 0 aliphatic heterocycles. The fraction of sp³-hybridized carbons (Fsp3) is 0.462. The molecule has 4 heteroatoms. The van der Waals surface area contributed by atoms with Crippen molar-refractivity contribution >= 4 is 0 Å². The highest BCUT2D eigenvalue weighted by Crippen LogP contribution is 2.19. The van der Waals surface area contributed by atoms with Crippen LogP contribution in [0.25, 0.3) is 0 Å². The molecule has 0 aliphatic rings. The molecule has 92 valence electrons. The normalized spacial score (nSPS) is 11.0. The molecule has 0 saturated heterocycles. The summed E-state index contributed by atoms with van der Waals surface area (Å²) in [4.78, 5) is 0. The van der Waals surface area contributed by atoms with Crippen LogP contribution in [0.15, 0.2) is 18.2 Å². The van der Waals surface area contributed by atoms with E-state index in [1.54, 1.807) is 13.2 Å². The third kappa shape index (κ3) is 4.43. The van der Waals surface area contributed by atoms with E-state index in [0.717, 1.165) is 5.56 Å². The minimum atomic E-state index is -0.337. The lowest BCUT2D eigenvalue weighted by Gasteiger charge is -2.18. The summed E-state index contributed by atoms with van der Waals surface area (Å²) in [7, 11) is 1.55. The van der Waals surface area contributed by atoms with E-state index < -0.39 is 0 Å². The van der Waals surface area contributed by atoms with E-state index >= 15 is 0 Å². The molecule has 0 fully saturated rings.